The van der Waals surface area contributed by atoms with Crippen molar-refractivity contribution in [3.05, 3.63) is 445 Å². The summed E-state index contributed by atoms with van der Waals surface area (Å²) in [5.74, 6) is 1.61. The van der Waals surface area contributed by atoms with Gasteiger partial charge in [-0.3, -0.25) is 14.9 Å². The van der Waals surface area contributed by atoms with E-state index in [4.69, 9.17) is 9.97 Å². The van der Waals surface area contributed by atoms with Crippen LogP contribution in [-0.2, 0) is 10.8 Å². The second-order valence-corrected chi connectivity index (χ2v) is 28.0. The van der Waals surface area contributed by atoms with Crippen LogP contribution in [0.5, 0.6) is 0 Å². The summed E-state index contributed by atoms with van der Waals surface area (Å²) in [5.41, 5.74) is 29.8. The molecule has 506 valence electrons. The van der Waals surface area contributed by atoms with E-state index in [1.54, 1.807) is 0 Å². The smallest absolute Gasteiger partial charge is 0.138 e. The Morgan fingerprint density at radius 1 is 0.222 bits per heavy atom. The maximum atomic E-state index is 5.04. The Labute approximate surface area is 624 Å². The molecule has 7 aromatic heterocycles. The van der Waals surface area contributed by atoms with Crippen molar-refractivity contribution in [3.8, 4) is 50.4 Å². The number of fused-ring (bicyclic) bond motifs is 15. The van der Waals surface area contributed by atoms with Crippen LogP contribution in [0.15, 0.2) is 401 Å². The highest BCUT2D eigenvalue weighted by Gasteiger charge is 2.48. The van der Waals surface area contributed by atoms with Gasteiger partial charge >= 0.3 is 0 Å². The van der Waals surface area contributed by atoms with Crippen molar-refractivity contribution >= 4 is 83.0 Å². The SMILES string of the molecule is c1ccc(-n2c3ccccc3c3cc(-c4ccc(-n5c6cc7c(cc6c6ncccc65)C(c5ccccc5)(c5ccccc5)c5ccccc5-7)cc4)ccc32)cc1.c1ccc(C2(c3ccccc3)c3ccccc3-c3cc4c(cc32)c2ncccc2n4-c2ccc(N(c3ccccn3)c3ccccn3)cc2)cc1. The maximum absolute atomic E-state index is 5.04. The van der Waals surface area contributed by atoms with Crippen molar-refractivity contribution in [1.82, 2.24) is 33.6 Å². The number of aromatic nitrogens is 7. The van der Waals surface area contributed by atoms with Crippen LogP contribution >= 0.6 is 0 Å². The molecule has 108 heavy (non-hydrogen) atoms. The molecule has 7 heterocycles. The van der Waals surface area contributed by atoms with Crippen LogP contribution in [0.25, 0.3) is 116 Å². The number of benzene rings is 13. The summed E-state index contributed by atoms with van der Waals surface area (Å²) < 4.78 is 7.11. The molecule has 0 aliphatic heterocycles. The quantitative estimate of drug-likeness (QED) is 0.129. The summed E-state index contributed by atoms with van der Waals surface area (Å²) in [4.78, 5) is 21.5. The van der Waals surface area contributed by atoms with Gasteiger partial charge in [0.2, 0.25) is 0 Å². The van der Waals surface area contributed by atoms with E-state index in [9.17, 15) is 0 Å². The first kappa shape index (κ1) is 62.2. The van der Waals surface area contributed by atoms with Gasteiger partial charge in [-0.15, -0.1) is 0 Å². The van der Waals surface area contributed by atoms with Crippen molar-refractivity contribution in [2.45, 2.75) is 10.8 Å². The van der Waals surface area contributed by atoms with Gasteiger partial charge in [-0.05, 0) is 217 Å². The van der Waals surface area contributed by atoms with Gasteiger partial charge in [-0.25, -0.2) is 9.97 Å². The highest BCUT2D eigenvalue weighted by atomic mass is 15.2. The second-order valence-electron chi connectivity index (χ2n) is 28.0. The van der Waals surface area contributed by atoms with Crippen LogP contribution in [0.3, 0.4) is 0 Å². The van der Waals surface area contributed by atoms with Gasteiger partial charge in [0.1, 0.15) is 11.6 Å². The molecule has 0 fully saturated rings. The van der Waals surface area contributed by atoms with E-state index in [0.29, 0.717) is 0 Å². The zero-order valence-electron chi connectivity index (χ0n) is 58.7. The van der Waals surface area contributed by atoms with E-state index >= 15 is 0 Å². The number of para-hydroxylation sites is 2. The predicted molar refractivity (Wildman–Crippen MR) is 442 cm³/mol. The summed E-state index contributed by atoms with van der Waals surface area (Å²) in [6, 6.07) is 136. The molecule has 20 aromatic rings. The minimum Gasteiger partial charge on any atom is -0.309 e. The molecule has 0 radical (unpaired) electrons. The lowest BCUT2D eigenvalue weighted by Crippen LogP contribution is -2.28. The number of anilines is 3. The first-order valence-electron chi connectivity index (χ1n) is 36.8. The third-order valence-electron chi connectivity index (χ3n) is 22.5. The lowest BCUT2D eigenvalue weighted by molar-refractivity contribution is 0.769. The van der Waals surface area contributed by atoms with Crippen LogP contribution in [0.2, 0.25) is 0 Å². The number of hydrogen-bond donors (Lipinski definition) is 0. The summed E-state index contributed by atoms with van der Waals surface area (Å²) in [6.45, 7) is 0. The summed E-state index contributed by atoms with van der Waals surface area (Å²) in [7, 11) is 0. The summed E-state index contributed by atoms with van der Waals surface area (Å²) in [6.07, 6.45) is 7.44. The van der Waals surface area contributed by atoms with E-state index in [1.165, 1.54) is 105 Å². The second kappa shape index (κ2) is 25.2. The fraction of sp³-hybridized carbons (Fsp3) is 0.0200. The molecule has 13 aromatic carbocycles. The zero-order valence-corrected chi connectivity index (χ0v) is 58.7. The van der Waals surface area contributed by atoms with Crippen LogP contribution in [0.4, 0.5) is 17.3 Å². The lowest BCUT2D eigenvalue weighted by Gasteiger charge is -2.33. The maximum Gasteiger partial charge on any atom is 0.138 e. The van der Waals surface area contributed by atoms with Crippen LogP contribution in [0.1, 0.15) is 44.5 Å². The normalized spacial score (nSPS) is 13.0. The summed E-state index contributed by atoms with van der Waals surface area (Å²) >= 11 is 0. The van der Waals surface area contributed by atoms with Gasteiger partial charge in [0, 0.05) is 69.1 Å². The largest absolute Gasteiger partial charge is 0.309 e. The topological polar surface area (TPSA) is 69.6 Å². The van der Waals surface area contributed by atoms with E-state index in [-0.39, 0.29) is 0 Å². The highest BCUT2D eigenvalue weighted by Crippen LogP contribution is 2.60. The Bertz CT molecular complexity index is 6700. The Hall–Kier alpha value is -14.3. The average molecular weight is 1380 g/mol. The highest BCUT2D eigenvalue weighted by molar-refractivity contribution is 6.13. The molecular formula is C100H66N8. The first-order chi connectivity index (χ1) is 53.6. The molecule has 0 N–H and O–H groups in total. The van der Waals surface area contributed by atoms with Gasteiger partial charge in [0.15, 0.2) is 0 Å². The van der Waals surface area contributed by atoms with E-state index < -0.39 is 10.8 Å². The minimum absolute atomic E-state index is 0.470. The van der Waals surface area contributed by atoms with Crippen molar-refractivity contribution in [2.75, 3.05) is 4.90 Å². The third-order valence-corrected chi connectivity index (χ3v) is 22.5. The minimum atomic E-state index is -0.478. The average Bonchev–Trinajstić information content (AvgIpc) is 1.53. The van der Waals surface area contributed by atoms with Crippen molar-refractivity contribution in [3.63, 3.8) is 0 Å². The monoisotopic (exact) mass is 1380 g/mol. The molecule has 0 amide bonds. The van der Waals surface area contributed by atoms with Crippen molar-refractivity contribution in [1.29, 1.82) is 0 Å². The van der Waals surface area contributed by atoms with Crippen molar-refractivity contribution in [2.24, 2.45) is 0 Å². The molecule has 0 atom stereocenters. The van der Waals surface area contributed by atoms with Gasteiger partial charge in [0.25, 0.3) is 0 Å². The van der Waals surface area contributed by atoms with Crippen LogP contribution in [-0.4, -0.2) is 33.6 Å². The Morgan fingerprint density at radius 3 is 1.08 bits per heavy atom. The van der Waals surface area contributed by atoms with Gasteiger partial charge in [-0.2, -0.15) is 0 Å². The van der Waals surface area contributed by atoms with Gasteiger partial charge in [-0.1, -0.05) is 237 Å². The molecule has 2 aliphatic rings. The Kier molecular flexibility index (Phi) is 14.5. The Morgan fingerprint density at radius 2 is 0.602 bits per heavy atom. The fourth-order valence-corrected chi connectivity index (χ4v) is 18.0. The Balaban J connectivity index is 0.000000139. The molecule has 0 saturated heterocycles. The van der Waals surface area contributed by atoms with Gasteiger partial charge in [0.05, 0.1) is 55.0 Å². The van der Waals surface area contributed by atoms with E-state index in [0.717, 1.165) is 72.6 Å². The zero-order chi connectivity index (χ0) is 71.3. The molecule has 8 heteroatoms. The molecule has 2 aliphatic carbocycles. The molecule has 0 unspecified atom stereocenters. The first-order valence-corrected chi connectivity index (χ1v) is 36.8. The van der Waals surface area contributed by atoms with E-state index in [2.05, 4.69) is 362 Å². The van der Waals surface area contributed by atoms with Crippen LogP contribution in [0, 0.1) is 0 Å². The number of pyridine rings is 4. The van der Waals surface area contributed by atoms with Crippen molar-refractivity contribution < 1.29 is 0 Å². The molecule has 22 rings (SSSR count). The number of rotatable bonds is 11. The molecule has 0 bridgehead atoms. The number of hydrogen-bond acceptors (Lipinski definition) is 5. The fourth-order valence-electron chi connectivity index (χ4n) is 18.0. The standard InChI is InChI=1S/C54H35N3.C46H31N5/c1-4-15-38(16-5-1)54(39-17-6-2-7-18-39)47-23-12-10-21-42(47)44-35-52-46(34-48(44)54)53-51(25-14-32-55-53)57(52)41-29-26-36(27-30-41)37-28-31-50-45(33-37)43-22-11-13-24-49(43)56(50)40-19-8-3-9-20-40;1-3-14-32(15-4-1)46(33-16-5-2-6-17-33)39-19-8-7-18-36(39)37-31-42-38(30-40(37)46)45-41(20-13-29-49-45)50(42)34-23-25-35(26-24-34)51(43-21-9-11-27-47-43)44-22-10-12-28-48-44/h1-35H;1-31H. The van der Waals surface area contributed by atoms with E-state index in [1.807, 2.05) is 67.3 Å². The van der Waals surface area contributed by atoms with Crippen LogP contribution < -0.4 is 4.90 Å². The third kappa shape index (κ3) is 9.50. The summed E-state index contributed by atoms with van der Waals surface area (Å²) in [5, 5.41) is 4.78. The molecule has 0 saturated carbocycles. The van der Waals surface area contributed by atoms with Gasteiger partial charge < -0.3 is 13.7 Å². The molecular weight excluding hydrogens is 1310 g/mol. The molecule has 8 nitrogen and oxygen atoms in total. The number of nitrogens with zero attached hydrogens (tertiary/aromatic N) is 8. The molecule has 0 spiro atoms. The predicted octanol–water partition coefficient (Wildman–Crippen LogP) is 24.1. The lowest BCUT2D eigenvalue weighted by atomic mass is 9.67.